The highest BCUT2D eigenvalue weighted by atomic mass is 16.5. The largest absolute Gasteiger partial charge is 0.485 e. The first kappa shape index (κ1) is 16.9. The van der Waals surface area contributed by atoms with Crippen molar-refractivity contribution in [3.8, 4) is 5.75 Å². The van der Waals surface area contributed by atoms with E-state index < -0.39 is 0 Å². The number of para-hydroxylation sites is 1. The van der Waals surface area contributed by atoms with E-state index in [1.54, 1.807) is 0 Å². The van der Waals surface area contributed by atoms with Crippen LogP contribution in [0.5, 0.6) is 5.75 Å². The Hall–Kier alpha value is -1.59. The maximum atomic E-state index is 12.3. The van der Waals surface area contributed by atoms with Crippen LogP contribution in [-0.2, 0) is 4.74 Å². The van der Waals surface area contributed by atoms with Crippen molar-refractivity contribution in [1.82, 2.24) is 10.2 Å². The molecule has 1 unspecified atom stereocenters. The van der Waals surface area contributed by atoms with Gasteiger partial charge in [0.1, 0.15) is 11.4 Å². The summed E-state index contributed by atoms with van der Waals surface area (Å²) in [6.07, 6.45) is 4.42. The molecular formula is C20H28N2O3. The van der Waals surface area contributed by atoms with Gasteiger partial charge in [-0.1, -0.05) is 12.1 Å². The van der Waals surface area contributed by atoms with Crippen LogP contribution >= 0.6 is 0 Å². The molecule has 5 nitrogen and oxygen atoms in total. The molecule has 2 fully saturated rings. The Labute approximate surface area is 149 Å². The fraction of sp³-hybridized carbons (Fsp3) is 0.650. The van der Waals surface area contributed by atoms with Crippen molar-refractivity contribution in [2.75, 3.05) is 33.3 Å². The second-order valence-corrected chi connectivity index (χ2v) is 8.03. The van der Waals surface area contributed by atoms with Gasteiger partial charge in [-0.15, -0.1) is 0 Å². The van der Waals surface area contributed by atoms with Crippen LogP contribution in [0.1, 0.15) is 43.0 Å². The maximum Gasteiger partial charge on any atom is 0.255 e. The fourth-order valence-electron chi connectivity index (χ4n) is 4.24. The Morgan fingerprint density at radius 1 is 1.32 bits per heavy atom. The van der Waals surface area contributed by atoms with Crippen LogP contribution in [0.15, 0.2) is 24.3 Å². The first-order chi connectivity index (χ1) is 12.0. The second-order valence-electron chi connectivity index (χ2n) is 8.03. The van der Waals surface area contributed by atoms with Gasteiger partial charge in [0.15, 0.2) is 0 Å². The molecule has 1 aromatic carbocycles. The summed E-state index contributed by atoms with van der Waals surface area (Å²) >= 11 is 0. The lowest BCUT2D eigenvalue weighted by atomic mass is 9.89. The van der Waals surface area contributed by atoms with Gasteiger partial charge in [-0.25, -0.2) is 0 Å². The van der Waals surface area contributed by atoms with Crippen LogP contribution in [0.25, 0.3) is 0 Å². The highest BCUT2D eigenvalue weighted by Crippen LogP contribution is 2.42. The van der Waals surface area contributed by atoms with E-state index in [2.05, 4.69) is 17.1 Å². The molecule has 1 amide bonds. The van der Waals surface area contributed by atoms with Crippen LogP contribution in [-0.4, -0.2) is 55.3 Å². The predicted octanol–water partition coefficient (Wildman–Crippen LogP) is 2.46. The Morgan fingerprint density at radius 3 is 2.72 bits per heavy atom. The highest BCUT2D eigenvalue weighted by molar-refractivity contribution is 5.97. The molecule has 0 aromatic heterocycles. The smallest absolute Gasteiger partial charge is 0.255 e. The predicted molar refractivity (Wildman–Crippen MR) is 95.9 cm³/mol. The van der Waals surface area contributed by atoms with E-state index in [1.807, 2.05) is 31.4 Å². The lowest BCUT2D eigenvalue weighted by Crippen LogP contribution is -2.55. The number of methoxy groups -OCH3 is 1. The van der Waals surface area contributed by atoms with Crippen molar-refractivity contribution in [1.29, 1.82) is 0 Å². The van der Waals surface area contributed by atoms with Gasteiger partial charge >= 0.3 is 0 Å². The molecule has 1 N–H and O–H groups in total. The van der Waals surface area contributed by atoms with E-state index in [0.29, 0.717) is 23.8 Å². The number of likely N-dealkylation sites (tertiary alicyclic amines) is 1. The molecule has 0 radical (unpaired) electrons. The molecule has 3 aliphatic rings. The summed E-state index contributed by atoms with van der Waals surface area (Å²) in [4.78, 5) is 14.8. The number of benzene rings is 1. The summed E-state index contributed by atoms with van der Waals surface area (Å²) in [7, 11) is 1.84. The zero-order chi connectivity index (χ0) is 17.5. The minimum absolute atomic E-state index is 0.0319. The van der Waals surface area contributed by atoms with Gasteiger partial charge < -0.3 is 19.7 Å². The van der Waals surface area contributed by atoms with Crippen molar-refractivity contribution >= 4 is 5.91 Å². The normalized spacial score (nSPS) is 25.4. The molecule has 2 heterocycles. The van der Waals surface area contributed by atoms with E-state index in [-0.39, 0.29) is 17.1 Å². The molecule has 1 aliphatic carbocycles. The van der Waals surface area contributed by atoms with E-state index in [9.17, 15) is 4.79 Å². The van der Waals surface area contributed by atoms with Gasteiger partial charge in [0.25, 0.3) is 5.91 Å². The molecule has 2 aliphatic heterocycles. The van der Waals surface area contributed by atoms with Crippen LogP contribution in [0.4, 0.5) is 0 Å². The molecule has 1 aromatic rings. The van der Waals surface area contributed by atoms with Crippen molar-refractivity contribution in [3.05, 3.63) is 29.8 Å². The van der Waals surface area contributed by atoms with E-state index in [1.165, 1.54) is 12.8 Å². The summed E-state index contributed by atoms with van der Waals surface area (Å²) in [5.41, 5.74) is 0.319. The number of piperidine rings is 1. The van der Waals surface area contributed by atoms with Crippen molar-refractivity contribution in [2.45, 2.75) is 43.8 Å². The van der Waals surface area contributed by atoms with Gasteiger partial charge in [-0.2, -0.15) is 0 Å². The van der Waals surface area contributed by atoms with Gasteiger partial charge in [0, 0.05) is 39.6 Å². The number of fused-ring (bicyclic) bond motifs is 1. The third-order valence-electron chi connectivity index (χ3n) is 6.24. The third-order valence-corrected chi connectivity index (χ3v) is 6.24. The first-order valence-electron chi connectivity index (χ1n) is 9.37. The monoisotopic (exact) mass is 344 g/mol. The summed E-state index contributed by atoms with van der Waals surface area (Å²) < 4.78 is 12.2. The van der Waals surface area contributed by atoms with E-state index in [4.69, 9.17) is 9.47 Å². The zero-order valence-electron chi connectivity index (χ0n) is 15.2. The minimum atomic E-state index is -0.290. The lowest BCUT2D eigenvalue weighted by Gasteiger charge is -2.43. The number of carbonyl (C=O) groups is 1. The van der Waals surface area contributed by atoms with Crippen LogP contribution in [0, 0.1) is 5.92 Å². The first-order valence-corrected chi connectivity index (χ1v) is 9.37. The number of amides is 1. The fourth-order valence-corrected chi connectivity index (χ4v) is 4.24. The third kappa shape index (κ3) is 3.27. The standard InChI is InChI=1S/C20H28N2O3/c1-19(24-2,15-7-8-15)14-22-11-9-20(10-12-22)13-21-18(23)16-5-3-4-6-17(16)25-20/h3-6,15H,7-14H2,1-2H3,(H,21,23). The topological polar surface area (TPSA) is 50.8 Å². The van der Waals surface area contributed by atoms with Crippen LogP contribution in [0.2, 0.25) is 0 Å². The molecule has 25 heavy (non-hydrogen) atoms. The van der Waals surface area contributed by atoms with Gasteiger partial charge in [0.05, 0.1) is 17.7 Å². The van der Waals surface area contributed by atoms with Crippen LogP contribution < -0.4 is 10.1 Å². The summed E-state index contributed by atoms with van der Waals surface area (Å²) in [6, 6.07) is 7.55. The zero-order valence-corrected chi connectivity index (χ0v) is 15.2. The molecule has 1 saturated heterocycles. The Bertz CT molecular complexity index is 650. The van der Waals surface area contributed by atoms with Gasteiger partial charge in [-0.3, -0.25) is 4.79 Å². The van der Waals surface area contributed by atoms with E-state index >= 15 is 0 Å². The lowest BCUT2D eigenvalue weighted by molar-refractivity contribution is -0.0607. The van der Waals surface area contributed by atoms with Gasteiger partial charge in [0.2, 0.25) is 0 Å². The summed E-state index contributed by atoms with van der Waals surface area (Å²) in [5.74, 6) is 1.38. The van der Waals surface area contributed by atoms with Crippen molar-refractivity contribution < 1.29 is 14.3 Å². The van der Waals surface area contributed by atoms with Crippen molar-refractivity contribution in [3.63, 3.8) is 0 Å². The average molecular weight is 344 g/mol. The Balaban J connectivity index is 1.43. The molecule has 0 bridgehead atoms. The SMILES string of the molecule is COC(C)(CN1CCC2(CC1)CNC(=O)c1ccccc1O2)C1CC1. The molecular weight excluding hydrogens is 316 g/mol. The average Bonchev–Trinajstić information content (AvgIpc) is 3.48. The minimum Gasteiger partial charge on any atom is -0.485 e. The van der Waals surface area contributed by atoms with Crippen molar-refractivity contribution in [2.24, 2.45) is 5.92 Å². The number of nitrogens with one attached hydrogen (secondary N) is 1. The quantitative estimate of drug-likeness (QED) is 0.912. The number of carbonyl (C=O) groups excluding carboxylic acids is 1. The number of rotatable bonds is 4. The number of hydrogen-bond acceptors (Lipinski definition) is 4. The Kier molecular flexibility index (Phi) is 4.24. The highest BCUT2D eigenvalue weighted by Gasteiger charge is 2.45. The van der Waals surface area contributed by atoms with Gasteiger partial charge in [-0.05, 0) is 37.8 Å². The number of hydrogen-bond donors (Lipinski definition) is 1. The molecule has 1 saturated carbocycles. The summed E-state index contributed by atoms with van der Waals surface area (Å²) in [6.45, 7) is 5.76. The maximum absolute atomic E-state index is 12.3. The van der Waals surface area contributed by atoms with E-state index in [0.717, 1.165) is 32.5 Å². The Morgan fingerprint density at radius 2 is 2.04 bits per heavy atom. The number of nitrogens with zero attached hydrogens (tertiary/aromatic N) is 1. The molecule has 5 heteroatoms. The summed E-state index contributed by atoms with van der Waals surface area (Å²) in [5, 5.41) is 3.06. The molecule has 136 valence electrons. The molecule has 1 atom stereocenters. The second kappa shape index (κ2) is 6.29. The molecule has 1 spiro atoms. The van der Waals surface area contributed by atoms with Crippen LogP contribution in [0.3, 0.4) is 0 Å². The number of ether oxygens (including phenoxy) is 2. The molecule has 4 rings (SSSR count).